The Hall–Kier alpha value is -1.63. The summed E-state index contributed by atoms with van der Waals surface area (Å²) in [7, 11) is 0. The zero-order chi connectivity index (χ0) is 14.2. The minimum absolute atomic E-state index is 0.302. The molecule has 19 heavy (non-hydrogen) atoms. The van der Waals surface area contributed by atoms with Gasteiger partial charge in [-0.2, -0.15) is 0 Å². The molecular formula is C12H17N3O3S. The molecule has 2 N–H and O–H groups in total. The number of carbonyl (C=O) groups is 2. The minimum atomic E-state index is -0.525. The number of fused-ring (bicyclic) bond motifs is 1. The number of hydrogen-bond donors (Lipinski definition) is 1. The average Bonchev–Trinajstić information content (AvgIpc) is 2.69. The Balaban J connectivity index is 2.09. The molecular weight excluding hydrogens is 266 g/mol. The van der Waals surface area contributed by atoms with Crippen molar-refractivity contribution < 1.29 is 14.3 Å². The van der Waals surface area contributed by atoms with Gasteiger partial charge in [-0.15, -0.1) is 11.3 Å². The van der Waals surface area contributed by atoms with Crippen LogP contribution in [0.5, 0.6) is 0 Å². The van der Waals surface area contributed by atoms with Crippen LogP contribution in [0.1, 0.15) is 41.1 Å². The van der Waals surface area contributed by atoms with Crippen LogP contribution in [0.3, 0.4) is 0 Å². The molecule has 1 aromatic heterocycles. The summed E-state index contributed by atoms with van der Waals surface area (Å²) in [6, 6.07) is 0. The van der Waals surface area contributed by atoms with Crippen LogP contribution >= 0.6 is 11.3 Å². The highest BCUT2D eigenvalue weighted by Crippen LogP contribution is 2.26. The van der Waals surface area contributed by atoms with Gasteiger partial charge in [0.15, 0.2) is 5.01 Å². The summed E-state index contributed by atoms with van der Waals surface area (Å²) in [4.78, 5) is 29.8. The number of aromatic nitrogens is 1. The van der Waals surface area contributed by atoms with Gasteiger partial charge < -0.3 is 15.4 Å². The van der Waals surface area contributed by atoms with Crippen molar-refractivity contribution in [3.63, 3.8) is 0 Å². The molecule has 1 aromatic rings. The second-order valence-electron chi connectivity index (χ2n) is 5.41. The molecule has 0 bridgehead atoms. The molecule has 7 heteroatoms. The van der Waals surface area contributed by atoms with Crippen molar-refractivity contribution in [1.29, 1.82) is 0 Å². The van der Waals surface area contributed by atoms with E-state index in [0.717, 1.165) is 10.6 Å². The van der Waals surface area contributed by atoms with Crippen molar-refractivity contribution in [3.05, 3.63) is 15.6 Å². The summed E-state index contributed by atoms with van der Waals surface area (Å²) in [5, 5.41) is 0.302. The number of primary amides is 1. The van der Waals surface area contributed by atoms with Crippen LogP contribution in [0.2, 0.25) is 0 Å². The normalized spacial score (nSPS) is 15.0. The average molecular weight is 283 g/mol. The first kappa shape index (κ1) is 13.8. The number of ether oxygens (including phenoxy) is 1. The lowest BCUT2D eigenvalue weighted by atomic mass is 10.2. The van der Waals surface area contributed by atoms with E-state index in [2.05, 4.69) is 4.98 Å². The maximum Gasteiger partial charge on any atom is 0.410 e. The maximum absolute atomic E-state index is 12.0. The zero-order valence-corrected chi connectivity index (χ0v) is 12.0. The van der Waals surface area contributed by atoms with Crippen LogP contribution in [0.4, 0.5) is 4.79 Å². The van der Waals surface area contributed by atoms with Gasteiger partial charge in [0.05, 0.1) is 12.2 Å². The molecule has 0 radical (unpaired) electrons. The number of carbonyl (C=O) groups excluding carboxylic acids is 2. The third kappa shape index (κ3) is 3.23. The monoisotopic (exact) mass is 283 g/mol. The standard InChI is InChI=1S/C12H17N3O3S/c1-12(2,3)18-11(17)15-5-4-7-8(6-15)19-10(14-7)9(13)16/h4-6H2,1-3H3,(H2,13,16). The highest BCUT2D eigenvalue weighted by molar-refractivity contribution is 7.13. The van der Waals surface area contributed by atoms with Gasteiger partial charge in [0.25, 0.3) is 5.91 Å². The molecule has 2 heterocycles. The smallest absolute Gasteiger partial charge is 0.410 e. The molecule has 0 aromatic carbocycles. The van der Waals surface area contributed by atoms with Gasteiger partial charge in [-0.3, -0.25) is 4.79 Å². The van der Waals surface area contributed by atoms with E-state index in [0.29, 0.717) is 24.5 Å². The lowest BCUT2D eigenvalue weighted by Crippen LogP contribution is -2.39. The first-order valence-corrected chi connectivity index (χ1v) is 6.84. The quantitative estimate of drug-likeness (QED) is 0.847. The third-order valence-corrected chi connectivity index (χ3v) is 3.69. The summed E-state index contributed by atoms with van der Waals surface area (Å²) in [6.07, 6.45) is 0.283. The fourth-order valence-corrected chi connectivity index (χ4v) is 2.76. The predicted octanol–water partition coefficient (Wildman–Crippen LogP) is 1.54. The molecule has 0 unspecified atom stereocenters. The van der Waals surface area contributed by atoms with E-state index in [1.54, 1.807) is 4.90 Å². The molecule has 2 rings (SSSR count). The Morgan fingerprint density at radius 3 is 2.68 bits per heavy atom. The van der Waals surface area contributed by atoms with E-state index in [1.165, 1.54) is 11.3 Å². The second-order valence-corrected chi connectivity index (χ2v) is 6.49. The SMILES string of the molecule is CC(C)(C)OC(=O)N1CCc2nc(C(N)=O)sc2C1. The number of nitrogens with two attached hydrogens (primary N) is 1. The van der Waals surface area contributed by atoms with Crippen LogP contribution in [0.15, 0.2) is 0 Å². The highest BCUT2D eigenvalue weighted by atomic mass is 32.1. The summed E-state index contributed by atoms with van der Waals surface area (Å²) in [6.45, 7) is 6.47. The number of hydrogen-bond acceptors (Lipinski definition) is 5. The van der Waals surface area contributed by atoms with Crippen LogP contribution in [0.25, 0.3) is 0 Å². The molecule has 0 saturated heterocycles. The van der Waals surface area contributed by atoms with Crippen molar-refractivity contribution in [1.82, 2.24) is 9.88 Å². The number of nitrogens with zero attached hydrogens (tertiary/aromatic N) is 2. The molecule has 6 nitrogen and oxygen atoms in total. The fourth-order valence-electron chi connectivity index (χ4n) is 1.78. The van der Waals surface area contributed by atoms with Crippen molar-refractivity contribution in [2.24, 2.45) is 5.73 Å². The van der Waals surface area contributed by atoms with Crippen molar-refractivity contribution >= 4 is 23.3 Å². The first-order chi connectivity index (χ1) is 8.76. The van der Waals surface area contributed by atoms with Gasteiger partial charge >= 0.3 is 6.09 Å². The topological polar surface area (TPSA) is 85.5 Å². The Kier molecular flexibility index (Phi) is 3.49. The van der Waals surface area contributed by atoms with E-state index in [4.69, 9.17) is 10.5 Å². The molecule has 1 aliphatic rings. The lowest BCUT2D eigenvalue weighted by molar-refractivity contribution is 0.0225. The van der Waals surface area contributed by atoms with E-state index in [9.17, 15) is 9.59 Å². The Bertz CT molecular complexity index is 519. The van der Waals surface area contributed by atoms with Crippen LogP contribution < -0.4 is 5.73 Å². The zero-order valence-electron chi connectivity index (χ0n) is 11.2. The molecule has 0 fully saturated rings. The van der Waals surface area contributed by atoms with Gasteiger partial charge in [0, 0.05) is 17.8 Å². The number of amides is 2. The summed E-state index contributed by atoms with van der Waals surface area (Å²) in [5.74, 6) is -0.525. The second kappa shape index (κ2) is 4.80. The van der Waals surface area contributed by atoms with E-state index in [-0.39, 0.29) is 6.09 Å². The molecule has 0 aliphatic carbocycles. The van der Waals surface area contributed by atoms with Gasteiger partial charge in [0.2, 0.25) is 0 Å². The Morgan fingerprint density at radius 1 is 1.42 bits per heavy atom. The van der Waals surface area contributed by atoms with Crippen molar-refractivity contribution in [2.75, 3.05) is 6.54 Å². The van der Waals surface area contributed by atoms with Crippen LogP contribution in [-0.2, 0) is 17.7 Å². The first-order valence-electron chi connectivity index (χ1n) is 6.02. The Morgan fingerprint density at radius 2 is 2.11 bits per heavy atom. The number of rotatable bonds is 1. The van der Waals surface area contributed by atoms with Crippen LogP contribution in [0, 0.1) is 0 Å². The Labute approximate surface area is 115 Å². The van der Waals surface area contributed by atoms with E-state index >= 15 is 0 Å². The minimum Gasteiger partial charge on any atom is -0.444 e. The highest BCUT2D eigenvalue weighted by Gasteiger charge is 2.28. The molecule has 0 atom stereocenters. The van der Waals surface area contributed by atoms with E-state index < -0.39 is 11.5 Å². The molecule has 0 saturated carbocycles. The molecule has 1 aliphatic heterocycles. The largest absolute Gasteiger partial charge is 0.444 e. The maximum atomic E-state index is 12.0. The third-order valence-electron chi connectivity index (χ3n) is 2.59. The van der Waals surface area contributed by atoms with Crippen molar-refractivity contribution in [2.45, 2.75) is 39.3 Å². The molecule has 104 valence electrons. The summed E-state index contributed by atoms with van der Waals surface area (Å²) in [5.41, 5.74) is 5.56. The molecule has 0 spiro atoms. The summed E-state index contributed by atoms with van der Waals surface area (Å²) < 4.78 is 5.33. The number of thiazole rings is 1. The van der Waals surface area contributed by atoms with Gasteiger partial charge in [0.1, 0.15) is 5.60 Å². The predicted molar refractivity (Wildman–Crippen MR) is 71.0 cm³/mol. The van der Waals surface area contributed by atoms with E-state index in [1.807, 2.05) is 20.8 Å². The summed E-state index contributed by atoms with van der Waals surface area (Å²) >= 11 is 1.25. The lowest BCUT2D eigenvalue weighted by Gasteiger charge is -2.29. The van der Waals surface area contributed by atoms with Crippen molar-refractivity contribution in [3.8, 4) is 0 Å². The fraction of sp³-hybridized carbons (Fsp3) is 0.583. The van der Waals surface area contributed by atoms with Gasteiger partial charge in [-0.25, -0.2) is 9.78 Å². The molecule has 2 amide bonds. The van der Waals surface area contributed by atoms with Crippen LogP contribution in [-0.4, -0.2) is 34.0 Å². The van der Waals surface area contributed by atoms with Gasteiger partial charge in [-0.1, -0.05) is 0 Å². The van der Waals surface area contributed by atoms with Gasteiger partial charge in [-0.05, 0) is 20.8 Å².